The number of ether oxygens (including phenoxy) is 2. The van der Waals surface area contributed by atoms with E-state index in [2.05, 4.69) is 15.1 Å². The molecule has 4 heterocycles. The summed E-state index contributed by atoms with van der Waals surface area (Å²) in [7, 11) is 1.58. The van der Waals surface area contributed by atoms with E-state index in [1.54, 1.807) is 24.4 Å². The number of methoxy groups -OCH3 is 1. The van der Waals surface area contributed by atoms with Crippen LogP contribution in [0.2, 0.25) is 0 Å². The Morgan fingerprint density at radius 2 is 1.97 bits per heavy atom. The van der Waals surface area contributed by atoms with Gasteiger partial charge >= 0.3 is 0 Å². The van der Waals surface area contributed by atoms with E-state index in [1.807, 2.05) is 54.1 Å². The molecule has 0 atom stereocenters. The van der Waals surface area contributed by atoms with Crippen LogP contribution in [0.4, 0.5) is 0 Å². The lowest BCUT2D eigenvalue weighted by molar-refractivity contribution is -0.124. The first-order valence-corrected chi connectivity index (χ1v) is 12.7. The highest BCUT2D eigenvalue weighted by Crippen LogP contribution is 2.40. The number of primary amides is 1. The number of aromatic nitrogens is 6. The Balaban J connectivity index is 1.36. The van der Waals surface area contributed by atoms with Crippen LogP contribution < -0.4 is 10.5 Å². The number of imidazole rings is 1. The molecule has 10 nitrogen and oxygen atoms in total. The normalized spacial score (nSPS) is 16.3. The van der Waals surface area contributed by atoms with Crippen LogP contribution in [0.25, 0.3) is 22.8 Å². The van der Waals surface area contributed by atoms with Crippen molar-refractivity contribution in [2.24, 2.45) is 5.73 Å². The maximum Gasteiger partial charge on any atom is 0.238 e. The van der Waals surface area contributed by atoms with Gasteiger partial charge in [-0.25, -0.2) is 19.6 Å². The molecule has 194 valence electrons. The predicted octanol–water partition coefficient (Wildman–Crippen LogP) is 3.91. The number of hydrogen-bond donors (Lipinski definition) is 1. The summed E-state index contributed by atoms with van der Waals surface area (Å²) in [6.45, 7) is 2.16. The van der Waals surface area contributed by atoms with Gasteiger partial charge in [0.25, 0.3) is 0 Å². The number of nitrogens with two attached hydrogens (primary N) is 1. The van der Waals surface area contributed by atoms with Gasteiger partial charge in [0, 0.05) is 6.20 Å². The zero-order valence-electron chi connectivity index (χ0n) is 21.4. The van der Waals surface area contributed by atoms with Crippen LogP contribution in [0, 0.1) is 6.92 Å². The molecule has 38 heavy (non-hydrogen) atoms. The number of pyridine rings is 1. The third-order valence-electron chi connectivity index (χ3n) is 7.47. The quantitative estimate of drug-likeness (QED) is 0.416. The first-order chi connectivity index (χ1) is 18.5. The van der Waals surface area contributed by atoms with E-state index < -0.39 is 5.41 Å². The van der Waals surface area contributed by atoms with Crippen LogP contribution in [-0.2, 0) is 21.7 Å². The van der Waals surface area contributed by atoms with Gasteiger partial charge in [0.15, 0.2) is 12.6 Å². The van der Waals surface area contributed by atoms with Gasteiger partial charge < -0.3 is 19.8 Å². The molecule has 3 aromatic heterocycles. The van der Waals surface area contributed by atoms with Crippen molar-refractivity contribution in [2.75, 3.05) is 7.11 Å². The Bertz CT molecular complexity index is 1550. The summed E-state index contributed by atoms with van der Waals surface area (Å²) in [5.41, 5.74) is 10.2. The smallest absolute Gasteiger partial charge is 0.238 e. The number of benzene rings is 1. The Kier molecular flexibility index (Phi) is 5.94. The minimum Gasteiger partial charge on any atom is -0.479 e. The molecule has 0 spiro atoms. The lowest BCUT2D eigenvalue weighted by Gasteiger charge is -2.35. The zero-order chi connectivity index (χ0) is 26.3. The summed E-state index contributed by atoms with van der Waals surface area (Å²) in [5, 5.41) is 4.66. The number of hydrogen-bond acceptors (Lipinski definition) is 7. The third-order valence-corrected chi connectivity index (χ3v) is 7.47. The van der Waals surface area contributed by atoms with Crippen molar-refractivity contribution >= 4 is 11.5 Å². The van der Waals surface area contributed by atoms with E-state index in [0.29, 0.717) is 23.2 Å². The number of nitrogens with zero attached hydrogens (tertiary/aromatic N) is 6. The van der Waals surface area contributed by atoms with Gasteiger partial charge in [-0.2, -0.15) is 0 Å². The molecule has 4 aromatic rings. The van der Waals surface area contributed by atoms with Gasteiger partial charge in [-0.1, -0.05) is 37.5 Å². The monoisotopic (exact) mass is 511 g/mol. The second-order valence-electron chi connectivity index (χ2n) is 9.82. The molecular weight excluding hydrogens is 482 g/mol. The number of carbonyl (C=O) groups is 1. The van der Waals surface area contributed by atoms with E-state index in [4.69, 9.17) is 20.2 Å². The van der Waals surface area contributed by atoms with Gasteiger partial charge in [-0.05, 0) is 49.1 Å². The van der Waals surface area contributed by atoms with Crippen molar-refractivity contribution in [3.05, 3.63) is 77.8 Å². The predicted molar refractivity (Wildman–Crippen MR) is 140 cm³/mol. The van der Waals surface area contributed by atoms with Crippen LogP contribution in [0.15, 0.2) is 55.2 Å². The molecular formula is C28H29N7O3. The maximum atomic E-state index is 12.6. The Morgan fingerprint density at radius 1 is 1.13 bits per heavy atom. The first kappa shape index (κ1) is 23.9. The molecule has 1 fully saturated rings. The van der Waals surface area contributed by atoms with Crippen molar-refractivity contribution in [3.63, 3.8) is 0 Å². The van der Waals surface area contributed by atoms with E-state index in [9.17, 15) is 4.79 Å². The third kappa shape index (κ3) is 4.02. The molecule has 1 aliphatic heterocycles. The fourth-order valence-corrected chi connectivity index (χ4v) is 5.46. The van der Waals surface area contributed by atoms with Crippen molar-refractivity contribution < 1.29 is 14.3 Å². The van der Waals surface area contributed by atoms with Gasteiger partial charge in [-0.15, -0.1) is 5.10 Å². The topological polar surface area (TPSA) is 123 Å². The average molecular weight is 512 g/mol. The number of amides is 1. The Labute approximate surface area is 220 Å². The molecule has 2 aliphatic rings. The fraction of sp³-hybridized carbons (Fsp3) is 0.321. The summed E-state index contributed by atoms with van der Waals surface area (Å²) in [5.74, 6) is 1.30. The maximum absolute atomic E-state index is 12.6. The Morgan fingerprint density at radius 3 is 2.71 bits per heavy atom. The van der Waals surface area contributed by atoms with Gasteiger partial charge in [0.2, 0.25) is 17.6 Å². The molecule has 2 N–H and O–H groups in total. The second kappa shape index (κ2) is 9.44. The minimum absolute atomic E-state index is 0.236. The molecule has 1 amide bonds. The van der Waals surface area contributed by atoms with Gasteiger partial charge in [-0.3, -0.25) is 4.79 Å². The average Bonchev–Trinajstić information content (AvgIpc) is 3.59. The summed E-state index contributed by atoms with van der Waals surface area (Å²) in [6.07, 6.45) is 9.97. The molecule has 0 unspecified atom stereocenters. The molecule has 10 heteroatoms. The number of aryl methyl sites for hydroxylation is 1. The van der Waals surface area contributed by atoms with Crippen LogP contribution in [0.1, 0.15) is 54.7 Å². The highest BCUT2D eigenvalue weighted by Gasteiger charge is 2.39. The van der Waals surface area contributed by atoms with Crippen molar-refractivity contribution in [2.45, 2.75) is 51.2 Å². The van der Waals surface area contributed by atoms with Crippen LogP contribution >= 0.6 is 0 Å². The van der Waals surface area contributed by atoms with Crippen LogP contribution in [-0.4, -0.2) is 42.3 Å². The largest absolute Gasteiger partial charge is 0.479 e. The van der Waals surface area contributed by atoms with Crippen LogP contribution in [0.5, 0.6) is 5.88 Å². The SMILES string of the molecule is COc1nc(-c2nc3n(n2)COC=C3c2cccc(C3(C(N)=O)CCCCC3)c2)ccc1-n1cnc(C)c1. The van der Waals surface area contributed by atoms with E-state index in [-0.39, 0.29) is 12.6 Å². The van der Waals surface area contributed by atoms with E-state index in [1.165, 1.54) is 0 Å². The lowest BCUT2D eigenvalue weighted by atomic mass is 9.68. The Hall–Kier alpha value is -4.47. The number of fused-ring (bicyclic) bond motifs is 1. The first-order valence-electron chi connectivity index (χ1n) is 12.7. The van der Waals surface area contributed by atoms with Crippen LogP contribution in [0.3, 0.4) is 0 Å². The highest BCUT2D eigenvalue weighted by molar-refractivity contribution is 5.87. The molecule has 0 bridgehead atoms. The van der Waals surface area contributed by atoms with E-state index in [0.717, 1.165) is 60.2 Å². The minimum atomic E-state index is -0.640. The summed E-state index contributed by atoms with van der Waals surface area (Å²) in [6, 6.07) is 11.8. The fourth-order valence-electron chi connectivity index (χ4n) is 5.46. The van der Waals surface area contributed by atoms with Crippen molar-refractivity contribution in [3.8, 4) is 23.1 Å². The molecule has 1 aromatic carbocycles. The highest BCUT2D eigenvalue weighted by atomic mass is 16.5. The summed E-state index contributed by atoms with van der Waals surface area (Å²) in [4.78, 5) is 26.4. The van der Waals surface area contributed by atoms with Crippen molar-refractivity contribution in [1.29, 1.82) is 0 Å². The molecule has 6 rings (SSSR count). The zero-order valence-corrected chi connectivity index (χ0v) is 21.4. The van der Waals surface area contributed by atoms with Crippen molar-refractivity contribution in [1.82, 2.24) is 29.3 Å². The molecule has 1 saturated carbocycles. The standard InChI is InChI=1S/C28H29N7O3/c1-18-14-34(16-30-18)23-10-9-22(31-26(23)37-2)24-32-25-21(15-38-17-35(25)33-24)19-7-6-8-20(13-19)28(27(29)36)11-4-3-5-12-28/h6-10,13-16H,3-5,11-12,17H2,1-2H3,(H2,29,36). The molecule has 0 radical (unpaired) electrons. The van der Waals surface area contributed by atoms with E-state index >= 15 is 0 Å². The summed E-state index contributed by atoms with van der Waals surface area (Å²) >= 11 is 0. The number of carbonyl (C=O) groups excluding carboxylic acids is 1. The van der Waals surface area contributed by atoms with Gasteiger partial charge in [0.1, 0.15) is 11.4 Å². The van der Waals surface area contributed by atoms with Gasteiger partial charge in [0.05, 0.1) is 36.4 Å². The second-order valence-corrected chi connectivity index (χ2v) is 9.82. The lowest BCUT2D eigenvalue weighted by Crippen LogP contribution is -2.42. The molecule has 0 saturated heterocycles. The summed E-state index contributed by atoms with van der Waals surface area (Å²) < 4.78 is 14.9. The number of rotatable bonds is 6. The molecule has 1 aliphatic carbocycles.